The van der Waals surface area contributed by atoms with Gasteiger partial charge in [0.25, 0.3) is 0 Å². The number of hydrogen-bond acceptors (Lipinski definition) is 5. The van der Waals surface area contributed by atoms with Gasteiger partial charge in [-0.1, -0.05) is 19.1 Å². The maximum Gasteiger partial charge on any atom is 0.119 e. The highest BCUT2D eigenvalue weighted by molar-refractivity contribution is 5.38. The predicted molar refractivity (Wildman–Crippen MR) is 78.3 cm³/mol. The minimum atomic E-state index is -0.130. The molecule has 1 heterocycles. The van der Waals surface area contributed by atoms with Crippen LogP contribution in [-0.4, -0.2) is 17.3 Å². The summed E-state index contributed by atoms with van der Waals surface area (Å²) < 4.78 is 5.27. The van der Waals surface area contributed by atoms with Crippen LogP contribution in [0.15, 0.2) is 30.3 Å². The molecular formula is C15H20N4O. The van der Waals surface area contributed by atoms with Crippen molar-refractivity contribution in [2.45, 2.75) is 26.3 Å². The second-order valence-electron chi connectivity index (χ2n) is 4.62. The van der Waals surface area contributed by atoms with Crippen molar-refractivity contribution in [1.29, 1.82) is 0 Å². The molecule has 1 aromatic heterocycles. The normalized spacial score (nSPS) is 12.2. The molecule has 0 aliphatic rings. The maximum atomic E-state index is 5.76. The lowest BCUT2D eigenvalue weighted by Gasteiger charge is -2.19. The summed E-state index contributed by atoms with van der Waals surface area (Å²) in [5.41, 5.74) is 6.77. The lowest BCUT2D eigenvalue weighted by molar-refractivity contribution is 0.413. The summed E-state index contributed by atoms with van der Waals surface area (Å²) in [6, 6.07) is 9.74. The van der Waals surface area contributed by atoms with Gasteiger partial charge in [-0.3, -0.25) is 5.84 Å². The van der Waals surface area contributed by atoms with Crippen LogP contribution in [0, 0.1) is 6.92 Å². The van der Waals surface area contributed by atoms with E-state index in [4.69, 9.17) is 10.6 Å². The molecule has 2 rings (SSSR count). The molecular weight excluding hydrogens is 252 g/mol. The van der Waals surface area contributed by atoms with E-state index in [0.29, 0.717) is 0 Å². The number of hydrogen-bond donors (Lipinski definition) is 2. The Bertz CT molecular complexity index is 586. The molecule has 3 N–H and O–H groups in total. The van der Waals surface area contributed by atoms with Crippen LogP contribution in [0.3, 0.4) is 0 Å². The molecule has 0 spiro atoms. The van der Waals surface area contributed by atoms with Crippen molar-refractivity contribution < 1.29 is 4.74 Å². The first-order chi connectivity index (χ1) is 9.69. The fraction of sp³-hybridized carbons (Fsp3) is 0.333. The standard InChI is InChI=1S/C15H20N4O/c1-4-14-13(8-10(2)18-19-14)15(17-16)11-6-5-7-12(9-11)20-3/h5-9,15,17H,4,16H2,1-3H3. The summed E-state index contributed by atoms with van der Waals surface area (Å²) in [4.78, 5) is 0. The summed E-state index contributed by atoms with van der Waals surface area (Å²) in [6.07, 6.45) is 0.810. The Balaban J connectivity index is 2.48. The first-order valence-corrected chi connectivity index (χ1v) is 6.62. The number of nitrogens with zero attached hydrogens (tertiary/aromatic N) is 2. The van der Waals surface area contributed by atoms with Crippen LogP contribution >= 0.6 is 0 Å². The zero-order chi connectivity index (χ0) is 14.5. The molecule has 0 saturated heterocycles. The first kappa shape index (κ1) is 14.4. The average molecular weight is 272 g/mol. The lowest BCUT2D eigenvalue weighted by atomic mass is 9.96. The van der Waals surface area contributed by atoms with Crippen LogP contribution in [0.5, 0.6) is 5.75 Å². The van der Waals surface area contributed by atoms with Gasteiger partial charge in [0.15, 0.2) is 0 Å². The molecule has 5 heteroatoms. The molecule has 0 fully saturated rings. The molecule has 0 amide bonds. The van der Waals surface area contributed by atoms with E-state index in [1.165, 1.54) is 0 Å². The number of aromatic nitrogens is 2. The van der Waals surface area contributed by atoms with E-state index in [0.717, 1.165) is 34.7 Å². The van der Waals surface area contributed by atoms with E-state index in [9.17, 15) is 0 Å². The first-order valence-electron chi connectivity index (χ1n) is 6.62. The van der Waals surface area contributed by atoms with Crippen LogP contribution < -0.4 is 16.0 Å². The van der Waals surface area contributed by atoms with Crippen molar-refractivity contribution in [2.24, 2.45) is 5.84 Å². The quantitative estimate of drug-likeness (QED) is 0.642. The highest BCUT2D eigenvalue weighted by Gasteiger charge is 2.17. The summed E-state index contributed by atoms with van der Waals surface area (Å²) >= 11 is 0. The molecule has 0 radical (unpaired) electrons. The van der Waals surface area contributed by atoms with Crippen molar-refractivity contribution in [1.82, 2.24) is 15.6 Å². The fourth-order valence-electron chi connectivity index (χ4n) is 2.25. The Hall–Kier alpha value is -1.98. The summed E-state index contributed by atoms with van der Waals surface area (Å²) in [5.74, 6) is 6.57. The molecule has 0 saturated carbocycles. The molecule has 1 atom stereocenters. The monoisotopic (exact) mass is 272 g/mol. The van der Waals surface area contributed by atoms with E-state index in [1.54, 1.807) is 7.11 Å². The predicted octanol–water partition coefficient (Wildman–Crippen LogP) is 1.91. The van der Waals surface area contributed by atoms with E-state index < -0.39 is 0 Å². The van der Waals surface area contributed by atoms with E-state index in [2.05, 4.69) is 22.5 Å². The van der Waals surface area contributed by atoms with Gasteiger partial charge >= 0.3 is 0 Å². The SMILES string of the molecule is CCc1nnc(C)cc1C(NN)c1cccc(OC)c1. The third-order valence-corrected chi connectivity index (χ3v) is 3.27. The smallest absolute Gasteiger partial charge is 0.119 e. The van der Waals surface area contributed by atoms with Gasteiger partial charge in [-0.15, -0.1) is 0 Å². The van der Waals surface area contributed by atoms with Gasteiger partial charge in [-0.2, -0.15) is 10.2 Å². The second-order valence-corrected chi connectivity index (χ2v) is 4.62. The molecule has 2 aromatic rings. The van der Waals surface area contributed by atoms with Crippen LogP contribution in [0.25, 0.3) is 0 Å². The minimum Gasteiger partial charge on any atom is -0.497 e. The van der Waals surface area contributed by atoms with E-state index in [-0.39, 0.29) is 6.04 Å². The number of aryl methyl sites for hydroxylation is 2. The van der Waals surface area contributed by atoms with Gasteiger partial charge in [-0.25, -0.2) is 5.43 Å². The fourth-order valence-corrected chi connectivity index (χ4v) is 2.25. The maximum absolute atomic E-state index is 5.76. The molecule has 0 aliphatic heterocycles. The third kappa shape index (κ3) is 2.95. The average Bonchev–Trinajstić information content (AvgIpc) is 2.48. The zero-order valence-electron chi connectivity index (χ0n) is 12.1. The Morgan fingerprint density at radius 3 is 2.75 bits per heavy atom. The molecule has 1 unspecified atom stereocenters. The van der Waals surface area contributed by atoms with Crippen molar-refractivity contribution in [3.05, 3.63) is 52.8 Å². The van der Waals surface area contributed by atoms with Gasteiger partial charge in [0.1, 0.15) is 5.75 Å². The van der Waals surface area contributed by atoms with Crippen LogP contribution in [0.1, 0.15) is 35.5 Å². The number of methoxy groups -OCH3 is 1. The Morgan fingerprint density at radius 1 is 1.30 bits per heavy atom. The minimum absolute atomic E-state index is 0.130. The number of nitrogens with one attached hydrogen (secondary N) is 1. The van der Waals surface area contributed by atoms with Crippen molar-refractivity contribution >= 4 is 0 Å². The molecule has 5 nitrogen and oxygen atoms in total. The number of benzene rings is 1. The summed E-state index contributed by atoms with van der Waals surface area (Å²) in [7, 11) is 1.65. The van der Waals surface area contributed by atoms with Crippen molar-refractivity contribution in [3.8, 4) is 5.75 Å². The van der Waals surface area contributed by atoms with Crippen LogP contribution in [0.4, 0.5) is 0 Å². The van der Waals surface area contributed by atoms with Gasteiger partial charge in [0.2, 0.25) is 0 Å². The van der Waals surface area contributed by atoms with E-state index >= 15 is 0 Å². The molecule has 20 heavy (non-hydrogen) atoms. The van der Waals surface area contributed by atoms with Gasteiger partial charge in [0, 0.05) is 5.56 Å². The topological polar surface area (TPSA) is 73.1 Å². The van der Waals surface area contributed by atoms with Crippen molar-refractivity contribution in [3.63, 3.8) is 0 Å². The highest BCUT2D eigenvalue weighted by atomic mass is 16.5. The van der Waals surface area contributed by atoms with Crippen molar-refractivity contribution in [2.75, 3.05) is 7.11 Å². The zero-order valence-corrected chi connectivity index (χ0v) is 12.1. The Kier molecular flexibility index (Phi) is 4.65. The lowest BCUT2D eigenvalue weighted by Crippen LogP contribution is -2.30. The summed E-state index contributed by atoms with van der Waals surface area (Å²) in [5, 5.41) is 8.37. The number of hydrazine groups is 1. The molecule has 106 valence electrons. The molecule has 1 aromatic carbocycles. The molecule has 0 aliphatic carbocycles. The van der Waals surface area contributed by atoms with Gasteiger partial charge in [0.05, 0.1) is 24.5 Å². The third-order valence-electron chi connectivity index (χ3n) is 3.27. The van der Waals surface area contributed by atoms with Gasteiger partial charge < -0.3 is 4.74 Å². The Morgan fingerprint density at radius 2 is 2.10 bits per heavy atom. The van der Waals surface area contributed by atoms with Crippen LogP contribution in [-0.2, 0) is 6.42 Å². The number of nitrogens with two attached hydrogens (primary N) is 1. The van der Waals surface area contributed by atoms with Crippen LogP contribution in [0.2, 0.25) is 0 Å². The molecule has 0 bridgehead atoms. The Labute approximate surface area is 119 Å². The van der Waals surface area contributed by atoms with E-state index in [1.807, 2.05) is 37.3 Å². The highest BCUT2D eigenvalue weighted by Crippen LogP contribution is 2.26. The number of rotatable bonds is 5. The van der Waals surface area contributed by atoms with Gasteiger partial charge in [-0.05, 0) is 37.1 Å². The number of ether oxygens (including phenoxy) is 1. The second kappa shape index (κ2) is 6.45. The largest absolute Gasteiger partial charge is 0.497 e. The summed E-state index contributed by atoms with van der Waals surface area (Å²) in [6.45, 7) is 3.98.